The zero-order valence-corrected chi connectivity index (χ0v) is 16.0. The van der Waals surface area contributed by atoms with Crippen molar-refractivity contribution in [3.63, 3.8) is 0 Å². The molecule has 140 valence electrons. The van der Waals surface area contributed by atoms with E-state index in [9.17, 15) is 13.2 Å². The van der Waals surface area contributed by atoms with Gasteiger partial charge in [0.05, 0.1) is 18.1 Å². The molecule has 0 spiro atoms. The Morgan fingerprint density at radius 1 is 0.962 bits per heavy atom. The van der Waals surface area contributed by atoms with E-state index in [-0.39, 0.29) is 5.91 Å². The van der Waals surface area contributed by atoms with Gasteiger partial charge in [-0.25, -0.2) is 0 Å². The monoisotopic (exact) mass is 395 g/mol. The van der Waals surface area contributed by atoms with Gasteiger partial charge in [-0.2, -0.15) is 17.0 Å². The fourth-order valence-corrected chi connectivity index (χ4v) is 5.90. The SMILES string of the molecule is O=C(c1cc2ccccc2s1)N1CCN(S(=O)(=O)N2CCOCC2)CC1. The van der Waals surface area contributed by atoms with Gasteiger partial charge in [0, 0.05) is 44.0 Å². The molecule has 2 aliphatic heterocycles. The van der Waals surface area contributed by atoms with Crippen LogP contribution in [0, 0.1) is 0 Å². The van der Waals surface area contributed by atoms with Crippen molar-refractivity contribution in [2.24, 2.45) is 0 Å². The molecule has 0 N–H and O–H groups in total. The van der Waals surface area contributed by atoms with Crippen LogP contribution in [-0.2, 0) is 14.9 Å². The number of carbonyl (C=O) groups is 1. The number of thiophene rings is 1. The van der Waals surface area contributed by atoms with E-state index in [2.05, 4.69) is 0 Å². The van der Waals surface area contributed by atoms with Crippen LogP contribution in [-0.4, -0.2) is 80.3 Å². The normalized spacial score (nSPS) is 20.5. The van der Waals surface area contributed by atoms with Crippen LogP contribution in [0.25, 0.3) is 10.1 Å². The largest absolute Gasteiger partial charge is 0.379 e. The molecule has 0 unspecified atom stereocenters. The van der Waals surface area contributed by atoms with E-state index in [1.54, 1.807) is 4.90 Å². The van der Waals surface area contributed by atoms with Crippen LogP contribution in [0.1, 0.15) is 9.67 Å². The van der Waals surface area contributed by atoms with Gasteiger partial charge in [0.2, 0.25) is 0 Å². The predicted molar refractivity (Wildman–Crippen MR) is 101 cm³/mol. The van der Waals surface area contributed by atoms with E-state index in [4.69, 9.17) is 4.74 Å². The highest BCUT2D eigenvalue weighted by atomic mass is 32.2. The molecule has 0 bridgehead atoms. The smallest absolute Gasteiger partial charge is 0.282 e. The topological polar surface area (TPSA) is 70.2 Å². The highest BCUT2D eigenvalue weighted by Gasteiger charge is 2.34. The second kappa shape index (κ2) is 7.24. The molecule has 3 heterocycles. The Labute approximate surface area is 156 Å². The van der Waals surface area contributed by atoms with Crippen molar-refractivity contribution in [3.8, 4) is 0 Å². The summed E-state index contributed by atoms with van der Waals surface area (Å²) in [5.41, 5.74) is 0. The number of amides is 1. The third-order valence-electron chi connectivity index (χ3n) is 4.78. The van der Waals surface area contributed by atoms with Gasteiger partial charge in [0.15, 0.2) is 0 Å². The summed E-state index contributed by atoms with van der Waals surface area (Å²) in [7, 11) is -3.47. The van der Waals surface area contributed by atoms with E-state index in [1.165, 1.54) is 19.9 Å². The zero-order chi connectivity index (χ0) is 18.1. The average molecular weight is 396 g/mol. The number of ether oxygens (including phenoxy) is 1. The first-order valence-corrected chi connectivity index (χ1v) is 10.9. The number of morpholine rings is 1. The molecule has 2 saturated heterocycles. The third kappa shape index (κ3) is 3.37. The molecule has 0 radical (unpaired) electrons. The van der Waals surface area contributed by atoms with Gasteiger partial charge >= 0.3 is 0 Å². The first-order valence-electron chi connectivity index (χ1n) is 8.66. The molecule has 1 aromatic heterocycles. The Kier molecular flexibility index (Phi) is 4.98. The maximum atomic E-state index is 12.8. The quantitative estimate of drug-likeness (QED) is 0.784. The summed E-state index contributed by atoms with van der Waals surface area (Å²) in [5.74, 6) is -0.0189. The Bertz CT molecular complexity index is 865. The van der Waals surface area contributed by atoms with E-state index in [0.717, 1.165) is 10.1 Å². The van der Waals surface area contributed by atoms with E-state index in [1.807, 2.05) is 30.3 Å². The van der Waals surface area contributed by atoms with Crippen molar-refractivity contribution >= 4 is 37.5 Å². The van der Waals surface area contributed by atoms with Crippen LogP contribution < -0.4 is 0 Å². The molecule has 7 nitrogen and oxygen atoms in total. The lowest BCUT2D eigenvalue weighted by Crippen LogP contribution is -2.55. The standard InChI is InChI=1S/C17H21N3O4S2/c21-17(16-13-14-3-1-2-4-15(14)25-16)18-5-7-19(8-6-18)26(22,23)20-9-11-24-12-10-20/h1-4,13H,5-12H2. The minimum atomic E-state index is -3.47. The molecule has 0 aliphatic carbocycles. The maximum absolute atomic E-state index is 12.8. The Balaban J connectivity index is 1.42. The van der Waals surface area contributed by atoms with Crippen LogP contribution in [0.4, 0.5) is 0 Å². The first kappa shape index (κ1) is 17.9. The summed E-state index contributed by atoms with van der Waals surface area (Å²) in [5, 5.41) is 1.06. The lowest BCUT2D eigenvalue weighted by molar-refractivity contribution is 0.0639. The van der Waals surface area contributed by atoms with E-state index >= 15 is 0 Å². The number of hydrogen-bond acceptors (Lipinski definition) is 5. The van der Waals surface area contributed by atoms with Gasteiger partial charge < -0.3 is 9.64 Å². The highest BCUT2D eigenvalue weighted by Crippen LogP contribution is 2.27. The summed E-state index contributed by atoms with van der Waals surface area (Å²) in [6.07, 6.45) is 0. The van der Waals surface area contributed by atoms with Crippen LogP contribution >= 0.6 is 11.3 Å². The van der Waals surface area contributed by atoms with Crippen molar-refractivity contribution in [1.82, 2.24) is 13.5 Å². The lowest BCUT2D eigenvalue weighted by atomic mass is 10.2. The number of piperazine rings is 1. The number of carbonyl (C=O) groups excluding carboxylic acids is 1. The predicted octanol–water partition coefficient (Wildman–Crippen LogP) is 1.24. The molecule has 2 fully saturated rings. The Morgan fingerprint density at radius 3 is 2.31 bits per heavy atom. The summed E-state index contributed by atoms with van der Waals surface area (Å²) < 4.78 is 34.7. The van der Waals surface area contributed by atoms with Crippen molar-refractivity contribution in [3.05, 3.63) is 35.2 Å². The van der Waals surface area contributed by atoms with Crippen LogP contribution in [0.15, 0.2) is 30.3 Å². The van der Waals surface area contributed by atoms with Gasteiger partial charge in [-0.1, -0.05) is 18.2 Å². The van der Waals surface area contributed by atoms with Gasteiger partial charge in [0.25, 0.3) is 16.1 Å². The molecular formula is C17H21N3O4S2. The molecular weight excluding hydrogens is 374 g/mol. The lowest BCUT2D eigenvalue weighted by Gasteiger charge is -2.37. The van der Waals surface area contributed by atoms with Crippen LogP contribution in [0.5, 0.6) is 0 Å². The molecule has 9 heteroatoms. The zero-order valence-electron chi connectivity index (χ0n) is 14.3. The number of benzene rings is 1. The van der Waals surface area contributed by atoms with Gasteiger partial charge in [-0.15, -0.1) is 11.3 Å². The summed E-state index contributed by atoms with van der Waals surface area (Å²) in [6.45, 7) is 3.14. The summed E-state index contributed by atoms with van der Waals surface area (Å²) in [6, 6.07) is 9.83. The molecule has 2 aliphatic rings. The number of rotatable bonds is 3. The van der Waals surface area contributed by atoms with Crippen LogP contribution in [0.3, 0.4) is 0 Å². The molecule has 4 rings (SSSR count). The summed E-state index contributed by atoms with van der Waals surface area (Å²) >= 11 is 1.48. The average Bonchev–Trinajstić information content (AvgIpc) is 3.12. The first-order chi connectivity index (χ1) is 12.6. The van der Waals surface area contributed by atoms with Crippen molar-refractivity contribution in [1.29, 1.82) is 0 Å². The molecule has 0 saturated carbocycles. The summed E-state index contributed by atoms with van der Waals surface area (Å²) in [4.78, 5) is 15.2. The molecule has 0 atom stereocenters. The van der Waals surface area contributed by atoms with Gasteiger partial charge in [-0.05, 0) is 17.5 Å². The van der Waals surface area contributed by atoms with Crippen molar-refractivity contribution < 1.29 is 17.9 Å². The third-order valence-corrected chi connectivity index (χ3v) is 7.92. The van der Waals surface area contributed by atoms with Gasteiger partial charge in [0.1, 0.15) is 0 Å². The van der Waals surface area contributed by atoms with Crippen LogP contribution in [0.2, 0.25) is 0 Å². The Hall–Kier alpha value is -1.52. The maximum Gasteiger partial charge on any atom is 0.282 e. The fraction of sp³-hybridized carbons (Fsp3) is 0.471. The fourth-order valence-electron chi connectivity index (χ4n) is 3.31. The van der Waals surface area contributed by atoms with Gasteiger partial charge in [-0.3, -0.25) is 4.79 Å². The van der Waals surface area contributed by atoms with E-state index < -0.39 is 10.2 Å². The van der Waals surface area contributed by atoms with Crippen molar-refractivity contribution in [2.45, 2.75) is 0 Å². The van der Waals surface area contributed by atoms with Crippen molar-refractivity contribution in [2.75, 3.05) is 52.5 Å². The number of hydrogen-bond donors (Lipinski definition) is 0. The second-order valence-corrected chi connectivity index (χ2v) is 9.37. The molecule has 1 aromatic carbocycles. The number of fused-ring (bicyclic) bond motifs is 1. The Morgan fingerprint density at radius 2 is 1.62 bits per heavy atom. The van der Waals surface area contributed by atoms with E-state index in [0.29, 0.717) is 57.4 Å². The minimum absolute atomic E-state index is 0.0189. The minimum Gasteiger partial charge on any atom is -0.379 e. The number of nitrogens with zero attached hydrogens (tertiary/aromatic N) is 3. The molecule has 1 amide bonds. The second-order valence-electron chi connectivity index (χ2n) is 6.36. The highest BCUT2D eigenvalue weighted by molar-refractivity contribution is 7.86. The molecule has 2 aromatic rings. The molecule has 26 heavy (non-hydrogen) atoms.